The number of nitriles is 1. The first-order valence-corrected chi connectivity index (χ1v) is 8.69. The molecule has 1 amide bonds. The average Bonchev–Trinajstić information content (AvgIpc) is 2.85. The summed E-state index contributed by atoms with van der Waals surface area (Å²) in [6.07, 6.45) is 1.15. The summed E-state index contributed by atoms with van der Waals surface area (Å²) in [5.41, 5.74) is 1.17. The molecule has 2 aromatic heterocycles. The Bertz CT molecular complexity index is 828. The number of aromatic nitrogens is 2. The van der Waals surface area contributed by atoms with Gasteiger partial charge in [-0.1, -0.05) is 11.3 Å². The van der Waals surface area contributed by atoms with E-state index in [0.717, 1.165) is 16.1 Å². The topological polar surface area (TPSA) is 87.9 Å². The highest BCUT2D eigenvalue weighted by Crippen LogP contribution is 2.34. The van der Waals surface area contributed by atoms with Crippen LogP contribution >= 0.6 is 11.3 Å². The quantitative estimate of drug-likeness (QED) is 0.862. The highest BCUT2D eigenvalue weighted by Gasteiger charge is 2.23. The minimum absolute atomic E-state index is 0.472. The van der Waals surface area contributed by atoms with Crippen molar-refractivity contribution in [3.63, 3.8) is 0 Å². The number of nitrogens with zero attached hydrogens (tertiary/aromatic N) is 3. The van der Waals surface area contributed by atoms with E-state index in [9.17, 15) is 10.1 Å². The van der Waals surface area contributed by atoms with Crippen molar-refractivity contribution in [2.45, 2.75) is 52.6 Å². The number of carbonyl (C=O) groups excluding carboxylic acids is 1. The number of carbonyl (C=O) groups is 1. The van der Waals surface area contributed by atoms with Crippen LogP contribution in [-0.4, -0.2) is 21.7 Å². The van der Waals surface area contributed by atoms with Gasteiger partial charge < -0.3 is 4.74 Å². The van der Waals surface area contributed by atoms with E-state index in [4.69, 9.17) is 4.74 Å². The van der Waals surface area contributed by atoms with Crippen molar-refractivity contribution in [1.82, 2.24) is 9.97 Å². The first-order chi connectivity index (χ1) is 11.5. The fraction of sp³-hybridized carbons (Fsp3) is 0.444. The number of anilines is 1. The molecule has 0 spiro atoms. The number of thiazole rings is 1. The zero-order valence-electron chi connectivity index (χ0n) is 15.3. The van der Waals surface area contributed by atoms with E-state index in [0.29, 0.717) is 10.8 Å². The second-order valence-electron chi connectivity index (χ2n) is 7.23. The van der Waals surface area contributed by atoms with Gasteiger partial charge in [-0.05, 0) is 59.2 Å². The minimum atomic E-state index is -0.674. The Morgan fingerprint density at radius 1 is 1.32 bits per heavy atom. The van der Waals surface area contributed by atoms with Crippen LogP contribution in [0.4, 0.5) is 9.93 Å². The summed E-state index contributed by atoms with van der Waals surface area (Å²) in [5.74, 6) is 0. The van der Waals surface area contributed by atoms with Gasteiger partial charge in [-0.2, -0.15) is 5.26 Å². The number of hydrogen-bond donors (Lipinski definition) is 1. The fourth-order valence-corrected chi connectivity index (χ4v) is 3.03. The molecule has 0 unspecified atom stereocenters. The molecule has 0 aromatic carbocycles. The Balaban J connectivity index is 2.28. The third-order valence-corrected chi connectivity index (χ3v) is 4.47. The van der Waals surface area contributed by atoms with Crippen LogP contribution in [0.25, 0.3) is 10.4 Å². The van der Waals surface area contributed by atoms with E-state index >= 15 is 0 Å². The number of amides is 1. The maximum atomic E-state index is 11.9. The maximum absolute atomic E-state index is 11.9. The molecule has 25 heavy (non-hydrogen) atoms. The van der Waals surface area contributed by atoms with Crippen molar-refractivity contribution in [1.29, 1.82) is 5.26 Å². The van der Waals surface area contributed by atoms with Crippen LogP contribution in [0.2, 0.25) is 0 Å². The summed E-state index contributed by atoms with van der Waals surface area (Å²) in [6, 6.07) is 6.02. The second-order valence-corrected chi connectivity index (χ2v) is 8.23. The van der Waals surface area contributed by atoms with Crippen LogP contribution in [0, 0.1) is 18.3 Å². The zero-order chi connectivity index (χ0) is 18.8. The second kappa shape index (κ2) is 6.81. The van der Waals surface area contributed by atoms with Gasteiger partial charge in [-0.3, -0.25) is 10.3 Å². The predicted molar refractivity (Wildman–Crippen MR) is 98.6 cm³/mol. The molecule has 132 valence electrons. The van der Waals surface area contributed by atoms with Gasteiger partial charge in [0.25, 0.3) is 0 Å². The number of pyridine rings is 1. The summed E-state index contributed by atoms with van der Waals surface area (Å²) in [5, 5.41) is 12.4. The molecule has 0 bridgehead atoms. The summed E-state index contributed by atoms with van der Waals surface area (Å²) in [7, 11) is 0. The van der Waals surface area contributed by atoms with Gasteiger partial charge in [0.15, 0.2) is 5.13 Å². The van der Waals surface area contributed by atoms with Crippen LogP contribution < -0.4 is 5.32 Å². The van der Waals surface area contributed by atoms with Crippen LogP contribution in [0.5, 0.6) is 0 Å². The molecule has 2 heterocycles. The van der Waals surface area contributed by atoms with Crippen molar-refractivity contribution < 1.29 is 9.53 Å². The number of aryl methyl sites for hydroxylation is 1. The number of hydrogen-bond acceptors (Lipinski definition) is 6. The lowest BCUT2D eigenvalue weighted by Gasteiger charge is -2.18. The largest absolute Gasteiger partial charge is 0.444 e. The van der Waals surface area contributed by atoms with Crippen molar-refractivity contribution in [2.75, 3.05) is 5.32 Å². The van der Waals surface area contributed by atoms with Crippen molar-refractivity contribution in [2.24, 2.45) is 0 Å². The molecule has 6 nitrogen and oxygen atoms in total. The smallest absolute Gasteiger partial charge is 0.413 e. The van der Waals surface area contributed by atoms with E-state index in [1.807, 2.05) is 32.9 Å². The summed E-state index contributed by atoms with van der Waals surface area (Å²) in [4.78, 5) is 21.5. The molecule has 2 aromatic rings. The molecule has 0 aliphatic carbocycles. The van der Waals surface area contributed by atoms with Crippen molar-refractivity contribution in [3.8, 4) is 16.5 Å². The Hall–Kier alpha value is -2.46. The monoisotopic (exact) mass is 358 g/mol. The van der Waals surface area contributed by atoms with Gasteiger partial charge in [0, 0.05) is 6.20 Å². The van der Waals surface area contributed by atoms with Gasteiger partial charge in [-0.15, -0.1) is 0 Å². The van der Waals surface area contributed by atoms with E-state index in [-0.39, 0.29) is 0 Å². The van der Waals surface area contributed by atoms with Gasteiger partial charge in [0.05, 0.1) is 27.7 Å². The number of rotatable bonds is 3. The third-order valence-electron chi connectivity index (χ3n) is 3.35. The molecule has 0 saturated heterocycles. The predicted octanol–water partition coefficient (Wildman–Crippen LogP) is 4.66. The Morgan fingerprint density at radius 2 is 2.00 bits per heavy atom. The van der Waals surface area contributed by atoms with Crippen LogP contribution in [0.15, 0.2) is 18.3 Å². The van der Waals surface area contributed by atoms with Gasteiger partial charge in [0.1, 0.15) is 5.60 Å². The zero-order valence-corrected chi connectivity index (χ0v) is 16.1. The van der Waals surface area contributed by atoms with Gasteiger partial charge in [0.2, 0.25) is 0 Å². The van der Waals surface area contributed by atoms with E-state index in [2.05, 4.69) is 21.4 Å². The molecule has 0 aliphatic rings. The molecular formula is C18H22N4O2S. The van der Waals surface area contributed by atoms with Crippen LogP contribution in [-0.2, 0) is 10.2 Å². The maximum Gasteiger partial charge on any atom is 0.413 e. The lowest BCUT2D eigenvalue weighted by atomic mass is 9.90. The van der Waals surface area contributed by atoms with Crippen LogP contribution in [0.3, 0.4) is 0 Å². The van der Waals surface area contributed by atoms with Gasteiger partial charge >= 0.3 is 6.09 Å². The molecule has 7 heteroatoms. The average molecular weight is 358 g/mol. The molecule has 0 saturated carbocycles. The number of nitrogens with one attached hydrogen (secondary N) is 1. The highest BCUT2D eigenvalue weighted by molar-refractivity contribution is 7.19. The standard InChI is InChI=1S/C18H22N4O2S/c1-11-14(12-7-8-20-13(9-12)18(5,6)10-19)25-15(21-11)22-16(23)24-17(2,3)4/h7-9H,1-6H3,(H,21,22,23). The SMILES string of the molecule is Cc1nc(NC(=O)OC(C)(C)C)sc1-c1ccnc(C(C)(C)C#N)c1. The molecule has 0 fully saturated rings. The molecule has 0 atom stereocenters. The molecule has 0 aliphatic heterocycles. The normalized spacial score (nSPS) is 11.7. The van der Waals surface area contributed by atoms with E-state index < -0.39 is 17.1 Å². The minimum Gasteiger partial charge on any atom is -0.444 e. The van der Waals surface area contributed by atoms with E-state index in [1.165, 1.54) is 11.3 Å². The lowest BCUT2D eigenvalue weighted by molar-refractivity contribution is 0.0636. The third kappa shape index (κ3) is 4.77. The first-order valence-electron chi connectivity index (χ1n) is 7.87. The highest BCUT2D eigenvalue weighted by atomic mass is 32.1. The Morgan fingerprint density at radius 3 is 2.60 bits per heavy atom. The Kier molecular flexibility index (Phi) is 5.14. The lowest BCUT2D eigenvalue weighted by Crippen LogP contribution is -2.27. The molecular weight excluding hydrogens is 336 g/mol. The number of ether oxygens (including phenoxy) is 1. The molecule has 0 radical (unpaired) electrons. The van der Waals surface area contributed by atoms with E-state index in [1.54, 1.807) is 27.0 Å². The summed E-state index contributed by atoms with van der Waals surface area (Å²) < 4.78 is 5.25. The van der Waals surface area contributed by atoms with Crippen LogP contribution in [0.1, 0.15) is 46.0 Å². The molecule has 1 N–H and O–H groups in total. The Labute approximate surface area is 151 Å². The first kappa shape index (κ1) is 18.9. The van der Waals surface area contributed by atoms with Gasteiger partial charge in [-0.25, -0.2) is 9.78 Å². The van der Waals surface area contributed by atoms with Crippen molar-refractivity contribution in [3.05, 3.63) is 29.7 Å². The van der Waals surface area contributed by atoms with Crippen molar-refractivity contribution >= 4 is 22.6 Å². The summed E-state index contributed by atoms with van der Waals surface area (Å²) in [6.45, 7) is 10.9. The summed E-state index contributed by atoms with van der Waals surface area (Å²) >= 11 is 1.36. The molecule has 2 rings (SSSR count). The fourth-order valence-electron chi connectivity index (χ4n) is 2.08.